The molecule has 6 heteroatoms. The van der Waals surface area contributed by atoms with E-state index in [1.54, 1.807) is 17.5 Å². The molecular formula is C12H12ClN3S2. The topological polar surface area (TPSA) is 42.1 Å². The molecule has 0 saturated heterocycles. The van der Waals surface area contributed by atoms with Gasteiger partial charge >= 0.3 is 0 Å². The normalized spacial score (nSPS) is 10.3. The monoisotopic (exact) mass is 297 g/mol. The highest BCUT2D eigenvalue weighted by Crippen LogP contribution is 2.23. The van der Waals surface area contributed by atoms with Crippen LogP contribution in [0, 0.1) is 0 Å². The van der Waals surface area contributed by atoms with E-state index in [2.05, 4.69) is 4.98 Å². The van der Waals surface area contributed by atoms with Crippen LogP contribution in [0.25, 0.3) is 0 Å². The Labute approximate surface area is 120 Å². The summed E-state index contributed by atoms with van der Waals surface area (Å²) in [6.07, 6.45) is 1.71. The van der Waals surface area contributed by atoms with Crippen LogP contribution in [0.5, 0.6) is 0 Å². The average Bonchev–Trinajstić information content (AvgIpc) is 2.75. The quantitative estimate of drug-likeness (QED) is 0.881. The van der Waals surface area contributed by atoms with Crippen LogP contribution in [-0.4, -0.2) is 17.0 Å². The van der Waals surface area contributed by atoms with Crippen molar-refractivity contribution in [2.45, 2.75) is 6.54 Å². The number of nitrogens with two attached hydrogens (primary N) is 1. The van der Waals surface area contributed by atoms with Gasteiger partial charge in [0, 0.05) is 23.7 Å². The van der Waals surface area contributed by atoms with Crippen molar-refractivity contribution in [1.29, 1.82) is 0 Å². The number of halogens is 1. The second kappa shape index (κ2) is 5.65. The van der Waals surface area contributed by atoms with Gasteiger partial charge in [0.25, 0.3) is 0 Å². The molecule has 0 aliphatic carbocycles. The summed E-state index contributed by atoms with van der Waals surface area (Å²) < 4.78 is 0.795. The van der Waals surface area contributed by atoms with E-state index >= 15 is 0 Å². The largest absolute Gasteiger partial charge is 0.389 e. The zero-order valence-corrected chi connectivity index (χ0v) is 12.1. The maximum Gasteiger partial charge on any atom is 0.129 e. The fourth-order valence-corrected chi connectivity index (χ4v) is 2.80. The number of anilines is 1. The smallest absolute Gasteiger partial charge is 0.129 e. The number of thiophene rings is 1. The predicted octanol–water partition coefficient (Wildman–Crippen LogP) is 3.07. The van der Waals surface area contributed by atoms with Gasteiger partial charge in [-0.2, -0.15) is 0 Å². The van der Waals surface area contributed by atoms with E-state index in [9.17, 15) is 0 Å². The first kappa shape index (κ1) is 13.3. The molecular weight excluding hydrogens is 286 g/mol. The van der Waals surface area contributed by atoms with Crippen LogP contribution >= 0.6 is 35.2 Å². The molecule has 2 N–H and O–H groups in total. The van der Waals surface area contributed by atoms with Crippen LogP contribution < -0.4 is 10.6 Å². The first-order valence-electron chi connectivity index (χ1n) is 5.27. The van der Waals surface area contributed by atoms with Crippen molar-refractivity contribution in [3.05, 3.63) is 45.2 Å². The summed E-state index contributed by atoms with van der Waals surface area (Å²) in [4.78, 5) is 7.90. The molecule has 2 aromatic rings. The predicted molar refractivity (Wildman–Crippen MR) is 81.6 cm³/mol. The lowest BCUT2D eigenvalue weighted by Gasteiger charge is -2.17. The van der Waals surface area contributed by atoms with Gasteiger partial charge in [-0.25, -0.2) is 4.98 Å². The van der Waals surface area contributed by atoms with Gasteiger partial charge in [0.1, 0.15) is 10.8 Å². The molecule has 0 radical (unpaired) electrons. The number of nitrogens with zero attached hydrogens (tertiary/aromatic N) is 2. The highest BCUT2D eigenvalue weighted by Gasteiger charge is 2.07. The number of pyridine rings is 1. The summed E-state index contributed by atoms with van der Waals surface area (Å²) in [5.74, 6) is 0.838. The highest BCUT2D eigenvalue weighted by atomic mass is 35.5. The Kier molecular flexibility index (Phi) is 4.16. The van der Waals surface area contributed by atoms with Crippen molar-refractivity contribution < 1.29 is 0 Å². The van der Waals surface area contributed by atoms with Gasteiger partial charge in [0.05, 0.1) is 10.9 Å². The fourth-order valence-electron chi connectivity index (χ4n) is 1.53. The van der Waals surface area contributed by atoms with E-state index in [0.717, 1.165) is 22.3 Å². The molecule has 0 amide bonds. The van der Waals surface area contributed by atoms with Crippen molar-refractivity contribution in [2.24, 2.45) is 5.73 Å². The number of rotatable bonds is 4. The number of hydrogen-bond acceptors (Lipinski definition) is 4. The van der Waals surface area contributed by atoms with Crippen LogP contribution in [0.4, 0.5) is 5.82 Å². The Bertz CT molecular complexity index is 568. The Morgan fingerprint density at radius 2 is 2.28 bits per heavy atom. The molecule has 0 aromatic carbocycles. The third kappa shape index (κ3) is 3.19. The van der Waals surface area contributed by atoms with Crippen LogP contribution in [0.3, 0.4) is 0 Å². The molecule has 2 heterocycles. The Morgan fingerprint density at radius 1 is 1.50 bits per heavy atom. The zero-order chi connectivity index (χ0) is 13.1. The second-order valence-electron chi connectivity index (χ2n) is 3.83. The number of thiocarbonyl (C=S) groups is 1. The lowest BCUT2D eigenvalue weighted by atomic mass is 10.2. The van der Waals surface area contributed by atoms with E-state index < -0.39 is 0 Å². The van der Waals surface area contributed by atoms with Crippen molar-refractivity contribution in [3.8, 4) is 0 Å². The molecule has 0 aliphatic rings. The molecule has 0 unspecified atom stereocenters. The summed E-state index contributed by atoms with van der Waals surface area (Å²) in [5, 5.41) is 0. The highest BCUT2D eigenvalue weighted by molar-refractivity contribution is 7.80. The zero-order valence-electron chi connectivity index (χ0n) is 9.76. The molecule has 18 heavy (non-hydrogen) atoms. The van der Waals surface area contributed by atoms with Gasteiger partial charge < -0.3 is 10.6 Å². The molecule has 0 aliphatic heterocycles. The molecule has 0 bridgehead atoms. The van der Waals surface area contributed by atoms with E-state index in [-0.39, 0.29) is 0 Å². The molecule has 94 valence electrons. The van der Waals surface area contributed by atoms with Crippen LogP contribution in [-0.2, 0) is 6.54 Å². The molecule has 3 nitrogen and oxygen atoms in total. The van der Waals surface area contributed by atoms with Gasteiger partial charge in [-0.1, -0.05) is 23.8 Å². The van der Waals surface area contributed by atoms with Crippen molar-refractivity contribution in [3.63, 3.8) is 0 Å². The molecule has 0 saturated carbocycles. The van der Waals surface area contributed by atoms with Crippen LogP contribution in [0.2, 0.25) is 4.34 Å². The molecule has 2 aromatic heterocycles. The van der Waals surface area contributed by atoms with Gasteiger partial charge in [0.2, 0.25) is 0 Å². The van der Waals surface area contributed by atoms with Crippen LogP contribution in [0.1, 0.15) is 10.4 Å². The Balaban J connectivity index is 2.15. The summed E-state index contributed by atoms with van der Waals surface area (Å²) in [6, 6.07) is 7.61. The first-order chi connectivity index (χ1) is 8.56. The van der Waals surface area contributed by atoms with Gasteiger partial charge in [-0.15, -0.1) is 11.3 Å². The summed E-state index contributed by atoms with van der Waals surface area (Å²) in [7, 11) is 1.97. The maximum atomic E-state index is 5.91. The first-order valence-corrected chi connectivity index (χ1v) is 6.88. The van der Waals surface area contributed by atoms with Gasteiger partial charge in [-0.05, 0) is 24.3 Å². The Morgan fingerprint density at radius 3 is 2.89 bits per heavy atom. The molecule has 0 atom stereocenters. The minimum absolute atomic E-state index is 0.381. The number of hydrogen-bond donors (Lipinski definition) is 1. The summed E-state index contributed by atoms with van der Waals surface area (Å²) >= 11 is 12.4. The SMILES string of the molecule is CN(Cc1ccc(Cl)s1)c1cc(C(N)=S)ccn1. The Hall–Kier alpha value is -1.17. The number of aromatic nitrogens is 1. The van der Waals surface area contributed by atoms with E-state index in [0.29, 0.717) is 4.99 Å². The van der Waals surface area contributed by atoms with E-state index in [1.807, 2.05) is 36.2 Å². The van der Waals surface area contributed by atoms with E-state index in [1.165, 1.54) is 4.88 Å². The average molecular weight is 298 g/mol. The van der Waals surface area contributed by atoms with Gasteiger partial charge in [0.15, 0.2) is 0 Å². The standard InChI is InChI=1S/C12H12ClN3S2/c1-16(7-9-2-3-10(13)18-9)11-6-8(12(14)17)4-5-15-11/h2-6H,7H2,1H3,(H2,14,17). The lowest BCUT2D eigenvalue weighted by Crippen LogP contribution is -2.18. The minimum Gasteiger partial charge on any atom is -0.389 e. The van der Waals surface area contributed by atoms with Crippen molar-refractivity contribution in [1.82, 2.24) is 4.98 Å². The third-order valence-electron chi connectivity index (χ3n) is 2.44. The maximum absolute atomic E-state index is 5.91. The summed E-state index contributed by atoms with van der Waals surface area (Å²) in [5.41, 5.74) is 6.43. The fraction of sp³-hybridized carbons (Fsp3) is 0.167. The van der Waals surface area contributed by atoms with Crippen LogP contribution in [0.15, 0.2) is 30.5 Å². The molecule has 2 rings (SSSR count). The molecule has 0 fully saturated rings. The van der Waals surface area contributed by atoms with Gasteiger partial charge in [-0.3, -0.25) is 0 Å². The molecule has 0 spiro atoms. The minimum atomic E-state index is 0.381. The van der Waals surface area contributed by atoms with Crippen molar-refractivity contribution in [2.75, 3.05) is 11.9 Å². The second-order valence-corrected chi connectivity index (χ2v) is 6.07. The van der Waals surface area contributed by atoms with E-state index in [4.69, 9.17) is 29.6 Å². The lowest BCUT2D eigenvalue weighted by molar-refractivity contribution is 0.912. The third-order valence-corrected chi connectivity index (χ3v) is 3.89. The summed E-state index contributed by atoms with van der Waals surface area (Å²) in [6.45, 7) is 0.755. The van der Waals surface area contributed by atoms with Crippen molar-refractivity contribution >= 4 is 46.0 Å².